The summed E-state index contributed by atoms with van der Waals surface area (Å²) in [5, 5.41) is 6.64. The third-order valence-electron chi connectivity index (χ3n) is 4.22. The lowest BCUT2D eigenvalue weighted by molar-refractivity contribution is -0.129. The molecule has 1 saturated heterocycles. The molecule has 2 aromatic rings. The van der Waals surface area contributed by atoms with Crippen LogP contribution < -0.4 is 10.9 Å². The van der Waals surface area contributed by atoms with Gasteiger partial charge in [0, 0.05) is 31.9 Å². The number of carbonyl (C=O) groups excluding carboxylic acids is 2. The van der Waals surface area contributed by atoms with Crippen LogP contribution in [-0.2, 0) is 18.3 Å². The van der Waals surface area contributed by atoms with Gasteiger partial charge in [-0.3, -0.25) is 14.4 Å². The SMILES string of the molecule is Cn1nc(C(=O)Nc2ccc(CC(=O)N3CCCC3)cc2)ccc1=O. The summed E-state index contributed by atoms with van der Waals surface area (Å²) in [6, 6.07) is 9.87. The minimum Gasteiger partial charge on any atom is -0.342 e. The maximum atomic E-state index is 12.2. The van der Waals surface area contributed by atoms with E-state index >= 15 is 0 Å². The van der Waals surface area contributed by atoms with Crippen LogP contribution in [-0.4, -0.2) is 39.6 Å². The second kappa shape index (κ2) is 7.29. The second-order valence-electron chi connectivity index (χ2n) is 6.10. The van der Waals surface area contributed by atoms with E-state index in [1.165, 1.54) is 19.2 Å². The average molecular weight is 340 g/mol. The minimum absolute atomic E-state index is 0.142. The van der Waals surface area contributed by atoms with Gasteiger partial charge in [0.1, 0.15) is 5.69 Å². The molecule has 0 radical (unpaired) electrons. The minimum atomic E-state index is -0.392. The number of likely N-dealkylation sites (tertiary alicyclic amines) is 1. The quantitative estimate of drug-likeness (QED) is 0.906. The molecule has 0 spiro atoms. The smallest absolute Gasteiger partial charge is 0.276 e. The first-order chi connectivity index (χ1) is 12.0. The molecule has 0 atom stereocenters. The predicted octanol–water partition coefficient (Wildman–Crippen LogP) is 1.20. The Morgan fingerprint density at radius 2 is 1.76 bits per heavy atom. The summed E-state index contributed by atoms with van der Waals surface area (Å²) in [5.41, 5.74) is 1.41. The largest absolute Gasteiger partial charge is 0.342 e. The van der Waals surface area contributed by atoms with Crippen LogP contribution in [0.3, 0.4) is 0 Å². The topological polar surface area (TPSA) is 84.3 Å². The van der Waals surface area contributed by atoms with Crippen molar-refractivity contribution < 1.29 is 9.59 Å². The summed E-state index contributed by atoms with van der Waals surface area (Å²) in [6.45, 7) is 1.69. The molecule has 7 heteroatoms. The van der Waals surface area contributed by atoms with Gasteiger partial charge >= 0.3 is 0 Å². The van der Waals surface area contributed by atoms with E-state index in [2.05, 4.69) is 10.4 Å². The highest BCUT2D eigenvalue weighted by Crippen LogP contribution is 2.14. The molecule has 3 rings (SSSR count). The van der Waals surface area contributed by atoms with E-state index < -0.39 is 5.91 Å². The maximum absolute atomic E-state index is 12.2. The van der Waals surface area contributed by atoms with Crippen LogP contribution >= 0.6 is 0 Å². The van der Waals surface area contributed by atoms with Crippen LogP contribution in [0.2, 0.25) is 0 Å². The van der Waals surface area contributed by atoms with E-state index in [0.717, 1.165) is 36.2 Å². The zero-order valence-corrected chi connectivity index (χ0v) is 14.1. The van der Waals surface area contributed by atoms with Gasteiger partial charge in [0.25, 0.3) is 11.5 Å². The number of hydrogen-bond donors (Lipinski definition) is 1. The number of aromatic nitrogens is 2. The van der Waals surface area contributed by atoms with Gasteiger partial charge in [-0.05, 0) is 36.6 Å². The molecule has 130 valence electrons. The molecule has 1 aliphatic rings. The van der Waals surface area contributed by atoms with Crippen LogP contribution in [0, 0.1) is 0 Å². The van der Waals surface area contributed by atoms with Gasteiger partial charge in [-0.2, -0.15) is 5.10 Å². The molecule has 0 unspecified atom stereocenters. The fourth-order valence-corrected chi connectivity index (χ4v) is 2.78. The summed E-state index contributed by atoms with van der Waals surface area (Å²) >= 11 is 0. The normalized spacial score (nSPS) is 13.7. The highest BCUT2D eigenvalue weighted by molar-refractivity contribution is 6.02. The summed E-state index contributed by atoms with van der Waals surface area (Å²) < 4.78 is 1.11. The number of aryl methyl sites for hydroxylation is 1. The van der Waals surface area contributed by atoms with Crippen molar-refractivity contribution in [3.8, 4) is 0 Å². The van der Waals surface area contributed by atoms with E-state index in [1.54, 1.807) is 12.1 Å². The number of benzene rings is 1. The van der Waals surface area contributed by atoms with Crippen molar-refractivity contribution >= 4 is 17.5 Å². The highest BCUT2D eigenvalue weighted by Gasteiger charge is 2.18. The Bertz CT molecular complexity index is 836. The molecule has 7 nitrogen and oxygen atoms in total. The molecule has 1 aliphatic heterocycles. The molecular formula is C18H20N4O3. The fraction of sp³-hybridized carbons (Fsp3) is 0.333. The van der Waals surface area contributed by atoms with E-state index in [4.69, 9.17) is 0 Å². The Labute approximate surface area is 145 Å². The second-order valence-corrected chi connectivity index (χ2v) is 6.10. The van der Waals surface area contributed by atoms with Gasteiger partial charge in [0.15, 0.2) is 0 Å². The number of amides is 2. The predicted molar refractivity (Wildman–Crippen MR) is 93.4 cm³/mol. The third-order valence-corrected chi connectivity index (χ3v) is 4.22. The van der Waals surface area contributed by atoms with Crippen LogP contribution in [0.5, 0.6) is 0 Å². The maximum Gasteiger partial charge on any atom is 0.276 e. The van der Waals surface area contributed by atoms with Gasteiger partial charge in [0.05, 0.1) is 6.42 Å². The monoisotopic (exact) mass is 340 g/mol. The molecular weight excluding hydrogens is 320 g/mol. The Morgan fingerprint density at radius 1 is 1.08 bits per heavy atom. The molecule has 0 aliphatic carbocycles. The molecule has 1 fully saturated rings. The van der Waals surface area contributed by atoms with E-state index in [0.29, 0.717) is 12.1 Å². The summed E-state index contributed by atoms with van der Waals surface area (Å²) in [5.74, 6) is -0.250. The third kappa shape index (κ3) is 4.12. The summed E-state index contributed by atoms with van der Waals surface area (Å²) in [7, 11) is 1.49. The Balaban J connectivity index is 1.61. The van der Waals surface area contributed by atoms with Crippen LogP contribution in [0.4, 0.5) is 5.69 Å². The number of nitrogens with one attached hydrogen (secondary N) is 1. The first-order valence-corrected chi connectivity index (χ1v) is 8.25. The fourth-order valence-electron chi connectivity index (χ4n) is 2.78. The Kier molecular flexibility index (Phi) is 4.92. The van der Waals surface area contributed by atoms with Crippen LogP contribution in [0.25, 0.3) is 0 Å². The van der Waals surface area contributed by atoms with Crippen molar-refractivity contribution in [3.05, 3.63) is 58.0 Å². The van der Waals surface area contributed by atoms with Gasteiger partial charge < -0.3 is 10.2 Å². The zero-order chi connectivity index (χ0) is 17.8. The van der Waals surface area contributed by atoms with Gasteiger partial charge in [0.2, 0.25) is 5.91 Å². The molecule has 0 saturated carbocycles. The molecule has 1 N–H and O–H groups in total. The lowest BCUT2D eigenvalue weighted by atomic mass is 10.1. The lowest BCUT2D eigenvalue weighted by Gasteiger charge is -2.15. The lowest BCUT2D eigenvalue weighted by Crippen LogP contribution is -2.29. The molecule has 1 aromatic carbocycles. The van der Waals surface area contributed by atoms with Gasteiger partial charge in [-0.15, -0.1) is 0 Å². The Hall–Kier alpha value is -2.96. The number of carbonyl (C=O) groups is 2. The van der Waals surface area contributed by atoms with E-state index in [9.17, 15) is 14.4 Å². The van der Waals surface area contributed by atoms with Gasteiger partial charge in [-0.1, -0.05) is 12.1 Å². The first-order valence-electron chi connectivity index (χ1n) is 8.25. The summed E-state index contributed by atoms with van der Waals surface area (Å²) in [6.07, 6.45) is 2.53. The van der Waals surface area contributed by atoms with E-state index in [1.807, 2.05) is 17.0 Å². The summed E-state index contributed by atoms with van der Waals surface area (Å²) in [4.78, 5) is 37.5. The number of hydrogen-bond acceptors (Lipinski definition) is 4. The molecule has 2 heterocycles. The molecule has 2 amide bonds. The standard InChI is InChI=1S/C18H20N4O3/c1-21-16(23)9-8-15(20-21)18(25)19-14-6-4-13(5-7-14)12-17(24)22-10-2-3-11-22/h4-9H,2-3,10-12H2,1H3,(H,19,25). The molecule has 0 bridgehead atoms. The van der Waals surface area contributed by atoms with Crippen molar-refractivity contribution in [1.82, 2.24) is 14.7 Å². The number of anilines is 1. The van der Waals surface area contributed by atoms with Crippen molar-refractivity contribution in [2.45, 2.75) is 19.3 Å². The molecule has 25 heavy (non-hydrogen) atoms. The highest BCUT2D eigenvalue weighted by atomic mass is 16.2. The number of nitrogens with zero attached hydrogens (tertiary/aromatic N) is 3. The van der Waals surface area contributed by atoms with Crippen molar-refractivity contribution in [2.75, 3.05) is 18.4 Å². The van der Waals surface area contributed by atoms with Crippen molar-refractivity contribution in [3.63, 3.8) is 0 Å². The first kappa shape index (κ1) is 16.9. The van der Waals surface area contributed by atoms with Crippen LogP contribution in [0.15, 0.2) is 41.2 Å². The van der Waals surface area contributed by atoms with Crippen molar-refractivity contribution in [1.29, 1.82) is 0 Å². The zero-order valence-electron chi connectivity index (χ0n) is 14.1. The van der Waals surface area contributed by atoms with Crippen molar-refractivity contribution in [2.24, 2.45) is 7.05 Å². The average Bonchev–Trinajstić information content (AvgIpc) is 3.14. The van der Waals surface area contributed by atoms with Crippen LogP contribution in [0.1, 0.15) is 28.9 Å². The Morgan fingerprint density at radius 3 is 2.40 bits per heavy atom. The number of rotatable bonds is 4. The van der Waals surface area contributed by atoms with Gasteiger partial charge in [-0.25, -0.2) is 4.68 Å². The van der Waals surface area contributed by atoms with E-state index in [-0.39, 0.29) is 17.2 Å². The molecule has 1 aromatic heterocycles.